The molecule has 86 valence electrons. The molecule has 0 atom stereocenters. The van der Waals surface area contributed by atoms with Crippen LogP contribution in [0.25, 0.3) is 0 Å². The third-order valence-electron chi connectivity index (χ3n) is 1.66. The van der Waals surface area contributed by atoms with Crippen molar-refractivity contribution in [1.29, 1.82) is 0 Å². The van der Waals surface area contributed by atoms with E-state index in [0.29, 0.717) is 5.56 Å². The topological polar surface area (TPSA) is 96.9 Å². The predicted molar refractivity (Wildman–Crippen MR) is 60.0 cm³/mol. The molecule has 0 aliphatic carbocycles. The zero-order valence-corrected chi connectivity index (χ0v) is 9.15. The maximum atomic E-state index is 10.3. The summed E-state index contributed by atoms with van der Waals surface area (Å²) >= 11 is 5.74. The van der Waals surface area contributed by atoms with E-state index in [1.165, 1.54) is 25.5 Å². The summed E-state index contributed by atoms with van der Waals surface area (Å²) in [4.78, 5) is 10.3. The number of primary amides is 1. The molecule has 0 heterocycles. The molecule has 0 fully saturated rings. The van der Waals surface area contributed by atoms with Crippen LogP contribution in [0.2, 0.25) is 5.02 Å². The first kappa shape index (κ1) is 12.1. The molecule has 4 N–H and O–H groups in total. The van der Waals surface area contributed by atoms with Gasteiger partial charge in [-0.15, -0.1) is 0 Å². The number of amides is 2. The standard InChI is InChI=1S/C9H10ClN3O3/c1-16-7-3-5(2-6(10)8(7)14)4-12-13-9(11)15/h2-4,14H,1H3,(H3,11,13,15). The van der Waals surface area contributed by atoms with Gasteiger partial charge in [0.05, 0.1) is 18.3 Å². The summed E-state index contributed by atoms with van der Waals surface area (Å²) < 4.78 is 4.89. The molecule has 16 heavy (non-hydrogen) atoms. The maximum Gasteiger partial charge on any atom is 0.332 e. The smallest absolute Gasteiger partial charge is 0.332 e. The lowest BCUT2D eigenvalue weighted by Gasteiger charge is -2.05. The minimum Gasteiger partial charge on any atom is -0.503 e. The number of methoxy groups -OCH3 is 1. The van der Waals surface area contributed by atoms with Crippen LogP contribution >= 0.6 is 11.6 Å². The van der Waals surface area contributed by atoms with Gasteiger partial charge in [0.25, 0.3) is 0 Å². The van der Waals surface area contributed by atoms with Crippen molar-refractivity contribution < 1.29 is 14.6 Å². The SMILES string of the molecule is COc1cc(C=NNC(N)=O)cc(Cl)c1O. The van der Waals surface area contributed by atoms with Gasteiger partial charge < -0.3 is 15.6 Å². The summed E-state index contributed by atoms with van der Waals surface area (Å²) in [7, 11) is 1.40. The molecule has 0 unspecified atom stereocenters. The molecule has 1 rings (SSSR count). The molecule has 2 amide bonds. The highest BCUT2D eigenvalue weighted by atomic mass is 35.5. The van der Waals surface area contributed by atoms with E-state index in [2.05, 4.69) is 5.10 Å². The number of urea groups is 1. The van der Waals surface area contributed by atoms with Gasteiger partial charge in [-0.25, -0.2) is 10.2 Å². The number of rotatable bonds is 3. The number of phenols is 1. The van der Waals surface area contributed by atoms with Crippen LogP contribution in [0.4, 0.5) is 4.79 Å². The van der Waals surface area contributed by atoms with E-state index in [9.17, 15) is 9.90 Å². The molecule has 0 saturated carbocycles. The molecule has 0 bridgehead atoms. The number of ether oxygens (including phenoxy) is 1. The Balaban J connectivity index is 2.93. The van der Waals surface area contributed by atoms with Gasteiger partial charge >= 0.3 is 6.03 Å². The zero-order valence-electron chi connectivity index (χ0n) is 8.40. The lowest BCUT2D eigenvalue weighted by molar-refractivity contribution is 0.249. The highest BCUT2D eigenvalue weighted by Gasteiger charge is 2.07. The van der Waals surface area contributed by atoms with Crippen molar-refractivity contribution in [1.82, 2.24) is 5.43 Å². The Labute approximate surface area is 96.7 Å². The number of benzene rings is 1. The number of aromatic hydroxyl groups is 1. The average molecular weight is 244 g/mol. The van der Waals surface area contributed by atoms with E-state index in [-0.39, 0.29) is 16.5 Å². The van der Waals surface area contributed by atoms with Gasteiger partial charge in [-0.2, -0.15) is 5.10 Å². The number of nitrogens with one attached hydrogen (secondary N) is 1. The molecule has 0 spiro atoms. The van der Waals surface area contributed by atoms with E-state index in [0.717, 1.165) is 0 Å². The van der Waals surface area contributed by atoms with Crippen LogP contribution in [0.5, 0.6) is 11.5 Å². The molecule has 0 aliphatic rings. The molecule has 1 aromatic rings. The van der Waals surface area contributed by atoms with Crippen molar-refractivity contribution in [3.63, 3.8) is 0 Å². The van der Waals surface area contributed by atoms with Crippen molar-refractivity contribution in [2.45, 2.75) is 0 Å². The lowest BCUT2D eigenvalue weighted by atomic mass is 10.2. The Kier molecular flexibility index (Phi) is 3.96. The zero-order chi connectivity index (χ0) is 12.1. The van der Waals surface area contributed by atoms with Gasteiger partial charge in [0.15, 0.2) is 11.5 Å². The second kappa shape index (κ2) is 5.22. The Morgan fingerprint density at radius 3 is 2.94 bits per heavy atom. The molecule has 1 aromatic carbocycles. The molecular formula is C9H10ClN3O3. The summed E-state index contributed by atoms with van der Waals surface area (Å²) in [6, 6.07) is 2.20. The number of nitrogens with two attached hydrogens (primary N) is 1. The molecule has 7 heteroatoms. The molecule has 0 saturated heterocycles. The summed E-state index contributed by atoms with van der Waals surface area (Å²) in [5, 5.41) is 13.1. The first-order valence-corrected chi connectivity index (χ1v) is 4.57. The Morgan fingerprint density at radius 2 is 2.38 bits per heavy atom. The van der Waals surface area contributed by atoms with Crippen molar-refractivity contribution in [3.8, 4) is 11.5 Å². The number of carbonyl (C=O) groups excluding carboxylic acids is 1. The minimum absolute atomic E-state index is 0.125. The second-order valence-electron chi connectivity index (χ2n) is 2.79. The van der Waals surface area contributed by atoms with Crippen molar-refractivity contribution in [3.05, 3.63) is 22.7 Å². The van der Waals surface area contributed by atoms with Gasteiger partial charge in [0, 0.05) is 0 Å². The Morgan fingerprint density at radius 1 is 1.69 bits per heavy atom. The normalized spacial score (nSPS) is 10.4. The minimum atomic E-state index is -0.770. The largest absolute Gasteiger partial charge is 0.503 e. The van der Waals surface area contributed by atoms with Crippen molar-refractivity contribution in [2.75, 3.05) is 7.11 Å². The summed E-state index contributed by atoms with van der Waals surface area (Å²) in [6.07, 6.45) is 1.32. The molecule has 0 aliphatic heterocycles. The summed E-state index contributed by atoms with van der Waals surface area (Å²) in [5.41, 5.74) is 7.39. The van der Waals surface area contributed by atoms with E-state index in [1.807, 2.05) is 5.43 Å². The van der Waals surface area contributed by atoms with Gasteiger partial charge in [-0.05, 0) is 17.7 Å². The highest BCUT2D eigenvalue weighted by molar-refractivity contribution is 6.32. The molecule has 6 nitrogen and oxygen atoms in total. The van der Waals surface area contributed by atoms with Crippen LogP contribution in [-0.4, -0.2) is 24.5 Å². The Bertz CT molecular complexity index is 434. The van der Waals surface area contributed by atoms with E-state index in [4.69, 9.17) is 22.1 Å². The van der Waals surface area contributed by atoms with Gasteiger partial charge in [0.1, 0.15) is 0 Å². The van der Waals surface area contributed by atoms with E-state index >= 15 is 0 Å². The fourth-order valence-electron chi connectivity index (χ4n) is 0.994. The first-order chi connectivity index (χ1) is 7.54. The van der Waals surface area contributed by atoms with Crippen molar-refractivity contribution in [2.24, 2.45) is 10.8 Å². The van der Waals surface area contributed by atoms with E-state index < -0.39 is 6.03 Å². The van der Waals surface area contributed by atoms with Crippen LogP contribution in [0.3, 0.4) is 0 Å². The predicted octanol–water partition coefficient (Wildman–Crippen LogP) is 1.06. The number of hydrogen-bond acceptors (Lipinski definition) is 4. The number of hydrogen-bond donors (Lipinski definition) is 3. The third kappa shape index (κ3) is 3.03. The Hall–Kier alpha value is -1.95. The summed E-state index contributed by atoms with van der Waals surface area (Å²) in [5.74, 6) is 0.0669. The molecule has 0 radical (unpaired) electrons. The number of phenolic OH excluding ortho intramolecular Hbond substituents is 1. The number of halogens is 1. The monoisotopic (exact) mass is 243 g/mol. The maximum absolute atomic E-state index is 10.3. The lowest BCUT2D eigenvalue weighted by Crippen LogP contribution is -2.24. The fraction of sp³-hybridized carbons (Fsp3) is 0.111. The number of nitrogens with zero attached hydrogens (tertiary/aromatic N) is 1. The molecule has 0 aromatic heterocycles. The van der Waals surface area contributed by atoms with Gasteiger partial charge in [0.2, 0.25) is 0 Å². The van der Waals surface area contributed by atoms with Crippen LogP contribution in [0.1, 0.15) is 5.56 Å². The van der Waals surface area contributed by atoms with Gasteiger partial charge in [-0.1, -0.05) is 11.6 Å². The quantitative estimate of drug-likeness (QED) is 0.547. The van der Waals surface area contributed by atoms with Crippen LogP contribution in [-0.2, 0) is 0 Å². The van der Waals surface area contributed by atoms with Crippen LogP contribution in [0.15, 0.2) is 17.2 Å². The number of hydrazone groups is 1. The van der Waals surface area contributed by atoms with Crippen LogP contribution < -0.4 is 15.9 Å². The second-order valence-corrected chi connectivity index (χ2v) is 3.20. The van der Waals surface area contributed by atoms with Gasteiger partial charge in [-0.3, -0.25) is 0 Å². The highest BCUT2D eigenvalue weighted by Crippen LogP contribution is 2.34. The van der Waals surface area contributed by atoms with Crippen LogP contribution in [0, 0.1) is 0 Å². The fourth-order valence-corrected chi connectivity index (χ4v) is 1.21. The molecular weight excluding hydrogens is 234 g/mol. The average Bonchev–Trinajstić information content (AvgIpc) is 2.22. The summed E-state index contributed by atoms with van der Waals surface area (Å²) in [6.45, 7) is 0. The third-order valence-corrected chi connectivity index (χ3v) is 1.95. The van der Waals surface area contributed by atoms with E-state index in [1.54, 1.807) is 0 Å². The van der Waals surface area contributed by atoms with Crippen molar-refractivity contribution >= 4 is 23.8 Å². The first-order valence-electron chi connectivity index (χ1n) is 4.19. The number of carbonyl (C=O) groups is 1.